The third-order valence-corrected chi connectivity index (χ3v) is 8.42. The van der Waals surface area contributed by atoms with Crippen LogP contribution in [0.4, 0.5) is 10.3 Å². The molecule has 1 aliphatic rings. The highest BCUT2D eigenvalue weighted by atomic mass is 32.2. The summed E-state index contributed by atoms with van der Waals surface area (Å²) in [5, 5.41) is 7.61. The predicted octanol–water partition coefficient (Wildman–Crippen LogP) is 3.43. The molecule has 1 saturated heterocycles. The lowest BCUT2D eigenvalue weighted by Crippen LogP contribution is -2.31. The zero-order valence-corrected chi connectivity index (χ0v) is 22.4. The summed E-state index contributed by atoms with van der Waals surface area (Å²) in [5.74, 6) is 0.182. The van der Waals surface area contributed by atoms with Crippen LogP contribution in [-0.4, -0.2) is 64.8 Å². The number of halogens is 1. The Morgan fingerprint density at radius 2 is 1.76 bits per heavy atom. The van der Waals surface area contributed by atoms with Crippen LogP contribution < -0.4 is 14.2 Å². The van der Waals surface area contributed by atoms with Gasteiger partial charge in [-0.05, 0) is 39.3 Å². The molecule has 3 heterocycles. The van der Waals surface area contributed by atoms with E-state index < -0.39 is 27.0 Å². The number of nitrogens with zero attached hydrogens (tertiary/aromatic N) is 5. The van der Waals surface area contributed by atoms with E-state index in [4.69, 9.17) is 14.2 Å². The third kappa shape index (κ3) is 5.37. The Labute approximate surface area is 215 Å². The van der Waals surface area contributed by atoms with E-state index >= 15 is 0 Å². The largest absolute Gasteiger partial charge is 0.494 e. The molecule has 0 saturated carbocycles. The number of nitrogens with one attached hydrogen (secondary N) is 1. The minimum atomic E-state index is -4.03. The first-order chi connectivity index (χ1) is 17.5. The third-order valence-electron chi connectivity index (χ3n) is 6.57. The molecule has 3 aromatic rings. The van der Waals surface area contributed by atoms with Crippen molar-refractivity contribution in [1.29, 1.82) is 0 Å². The van der Waals surface area contributed by atoms with Gasteiger partial charge in [-0.2, -0.15) is 0 Å². The van der Waals surface area contributed by atoms with Gasteiger partial charge < -0.3 is 14.2 Å². The molecule has 200 valence electrons. The minimum absolute atomic E-state index is 0.0263. The first kappa shape index (κ1) is 26.7. The Bertz CT molecular complexity index is 1340. The van der Waals surface area contributed by atoms with Gasteiger partial charge in [0, 0.05) is 11.8 Å². The molecule has 37 heavy (non-hydrogen) atoms. The molecule has 0 spiro atoms. The summed E-state index contributed by atoms with van der Waals surface area (Å²) in [5.41, 5.74) is 0.0860. The maximum atomic E-state index is 13.5. The van der Waals surface area contributed by atoms with E-state index in [9.17, 15) is 12.8 Å². The molecular formula is C24H31FN6O5S. The van der Waals surface area contributed by atoms with Gasteiger partial charge in [-0.15, -0.1) is 10.2 Å². The van der Waals surface area contributed by atoms with Crippen molar-refractivity contribution in [3.05, 3.63) is 48.1 Å². The molecule has 1 aliphatic heterocycles. The van der Waals surface area contributed by atoms with Crippen molar-refractivity contribution < 1.29 is 27.0 Å². The van der Waals surface area contributed by atoms with Crippen molar-refractivity contribution in [3.63, 3.8) is 0 Å². The van der Waals surface area contributed by atoms with Crippen molar-refractivity contribution in [2.24, 2.45) is 0 Å². The highest BCUT2D eigenvalue weighted by Crippen LogP contribution is 2.41. The number of para-hydroxylation sites is 1. The van der Waals surface area contributed by atoms with Gasteiger partial charge in [0.25, 0.3) is 0 Å². The maximum Gasteiger partial charge on any atom is 0.243 e. The average molecular weight is 535 g/mol. The Kier molecular flexibility index (Phi) is 7.38. The highest BCUT2D eigenvalue weighted by molar-refractivity contribution is 7.93. The SMILES string of the molecule is COc1cccc(OC)c1-n1c(NS(=O)(=O)[C@@H](C)[C@H](C)c2ncc(F)cn2)nnc1[C@@H]1COC(C)(C)C1. The number of hydrogen-bond acceptors (Lipinski definition) is 9. The van der Waals surface area contributed by atoms with Gasteiger partial charge in [0.1, 0.15) is 28.8 Å². The fourth-order valence-corrected chi connectivity index (χ4v) is 5.59. The number of rotatable bonds is 9. The molecule has 0 bridgehead atoms. The molecule has 1 aromatic carbocycles. The van der Waals surface area contributed by atoms with Gasteiger partial charge in [-0.1, -0.05) is 13.0 Å². The van der Waals surface area contributed by atoms with E-state index in [1.807, 2.05) is 13.8 Å². The van der Waals surface area contributed by atoms with Crippen LogP contribution in [0.1, 0.15) is 57.6 Å². The van der Waals surface area contributed by atoms with E-state index in [1.54, 1.807) is 29.7 Å². The van der Waals surface area contributed by atoms with Crippen LogP contribution in [0, 0.1) is 5.82 Å². The lowest BCUT2D eigenvalue weighted by Gasteiger charge is -2.22. The standard InChI is InChI=1S/C24H31FN6O5S/c1-14(21-26-11-17(25)12-27-21)15(2)37(32,33)30-23-29-28-22(16-10-24(3,4)36-13-16)31(23)20-18(34-5)8-7-9-19(20)35-6/h7-9,11-12,14-16H,10,13H2,1-6H3,(H,29,30)/t14-,15-,16-/m0/s1. The van der Waals surface area contributed by atoms with Gasteiger partial charge in [-0.3, -0.25) is 9.29 Å². The Balaban J connectivity index is 1.78. The van der Waals surface area contributed by atoms with Gasteiger partial charge in [0.15, 0.2) is 5.82 Å². The highest BCUT2D eigenvalue weighted by Gasteiger charge is 2.38. The van der Waals surface area contributed by atoms with E-state index in [0.29, 0.717) is 36.0 Å². The number of ether oxygens (including phenoxy) is 3. The first-order valence-electron chi connectivity index (χ1n) is 11.8. The maximum absolute atomic E-state index is 13.5. The molecule has 11 nitrogen and oxygen atoms in total. The first-order valence-corrected chi connectivity index (χ1v) is 13.3. The van der Waals surface area contributed by atoms with Crippen molar-refractivity contribution >= 4 is 16.0 Å². The number of aromatic nitrogens is 5. The number of hydrogen-bond donors (Lipinski definition) is 1. The van der Waals surface area contributed by atoms with Gasteiger partial charge >= 0.3 is 0 Å². The summed E-state index contributed by atoms with van der Waals surface area (Å²) >= 11 is 0. The zero-order chi connectivity index (χ0) is 27.0. The van der Waals surface area contributed by atoms with Crippen LogP contribution in [0.5, 0.6) is 11.5 Å². The number of anilines is 1. The van der Waals surface area contributed by atoms with Gasteiger partial charge in [0.05, 0.1) is 44.1 Å². The molecule has 0 aliphatic carbocycles. The number of sulfonamides is 1. The molecule has 3 atom stereocenters. The topological polar surface area (TPSA) is 130 Å². The monoisotopic (exact) mass is 534 g/mol. The molecule has 4 rings (SSSR count). The molecule has 0 amide bonds. The second-order valence-electron chi connectivity index (χ2n) is 9.60. The van der Waals surface area contributed by atoms with Crippen molar-refractivity contribution in [1.82, 2.24) is 24.7 Å². The molecule has 0 unspecified atom stereocenters. The molecule has 1 N–H and O–H groups in total. The van der Waals surface area contributed by atoms with Crippen LogP contribution in [0.3, 0.4) is 0 Å². The van der Waals surface area contributed by atoms with Crippen LogP contribution >= 0.6 is 0 Å². The van der Waals surface area contributed by atoms with E-state index in [1.165, 1.54) is 21.1 Å². The molecule has 1 fully saturated rings. The summed E-state index contributed by atoms with van der Waals surface area (Å²) < 4.78 is 61.6. The molecule has 0 radical (unpaired) electrons. The van der Waals surface area contributed by atoms with Crippen molar-refractivity contribution in [2.45, 2.75) is 56.8 Å². The Morgan fingerprint density at radius 1 is 1.14 bits per heavy atom. The predicted molar refractivity (Wildman–Crippen MR) is 134 cm³/mol. The van der Waals surface area contributed by atoms with E-state index in [-0.39, 0.29) is 23.3 Å². The average Bonchev–Trinajstić information content (AvgIpc) is 3.44. The smallest absolute Gasteiger partial charge is 0.243 e. The van der Waals surface area contributed by atoms with E-state index in [0.717, 1.165) is 12.4 Å². The number of benzene rings is 1. The van der Waals surface area contributed by atoms with Gasteiger partial charge in [-0.25, -0.2) is 22.8 Å². The molecule has 2 aromatic heterocycles. The fraction of sp³-hybridized carbons (Fsp3) is 0.500. The second kappa shape index (κ2) is 10.2. The number of methoxy groups -OCH3 is 2. The molecule has 13 heteroatoms. The zero-order valence-electron chi connectivity index (χ0n) is 21.6. The Hall–Kier alpha value is -3.32. The Morgan fingerprint density at radius 3 is 2.30 bits per heavy atom. The summed E-state index contributed by atoms with van der Waals surface area (Å²) in [6.45, 7) is 7.56. The summed E-state index contributed by atoms with van der Waals surface area (Å²) in [7, 11) is -1.00. The van der Waals surface area contributed by atoms with Crippen molar-refractivity contribution in [2.75, 3.05) is 25.5 Å². The normalized spacial score (nSPS) is 18.8. The summed E-state index contributed by atoms with van der Waals surface area (Å²) in [6, 6.07) is 5.25. The van der Waals surface area contributed by atoms with Crippen LogP contribution in [-0.2, 0) is 14.8 Å². The lowest BCUT2D eigenvalue weighted by molar-refractivity contribution is 0.0360. The van der Waals surface area contributed by atoms with Crippen LogP contribution in [0.2, 0.25) is 0 Å². The van der Waals surface area contributed by atoms with Crippen LogP contribution in [0.15, 0.2) is 30.6 Å². The summed E-state index contributed by atoms with van der Waals surface area (Å²) in [4.78, 5) is 7.88. The quantitative estimate of drug-likeness (QED) is 0.439. The fourth-order valence-electron chi connectivity index (χ4n) is 4.36. The second-order valence-corrected chi connectivity index (χ2v) is 11.6. The van der Waals surface area contributed by atoms with Gasteiger partial charge in [0.2, 0.25) is 16.0 Å². The summed E-state index contributed by atoms with van der Waals surface area (Å²) in [6.07, 6.45) is 2.67. The lowest BCUT2D eigenvalue weighted by atomic mass is 9.97. The van der Waals surface area contributed by atoms with Crippen molar-refractivity contribution in [3.8, 4) is 17.2 Å². The molecular weight excluding hydrogens is 503 g/mol. The van der Waals surface area contributed by atoms with Crippen LogP contribution in [0.25, 0.3) is 5.69 Å². The minimum Gasteiger partial charge on any atom is -0.494 e. The van der Waals surface area contributed by atoms with E-state index in [2.05, 4.69) is 24.9 Å².